The summed E-state index contributed by atoms with van der Waals surface area (Å²) in [6.45, 7) is 13.5. The van der Waals surface area contributed by atoms with Crippen molar-refractivity contribution in [1.29, 1.82) is 0 Å². The van der Waals surface area contributed by atoms with Crippen molar-refractivity contribution in [3.63, 3.8) is 0 Å². The van der Waals surface area contributed by atoms with Gasteiger partial charge < -0.3 is 0 Å². The Morgan fingerprint density at radius 3 is 1.35 bits per heavy atom. The van der Waals surface area contributed by atoms with Crippen LogP contribution in [0.3, 0.4) is 0 Å². The zero-order chi connectivity index (χ0) is 12.5. The van der Waals surface area contributed by atoms with Crippen molar-refractivity contribution in [2.45, 2.75) is 64.2 Å². The molecule has 17 heavy (non-hydrogen) atoms. The first-order valence-electron chi connectivity index (χ1n) is 6.21. The molecule has 0 nitrogen and oxygen atoms in total. The molecule has 0 aliphatic heterocycles. The molecule has 0 fully saturated rings. The molecule has 0 aromatic heterocycles. The monoisotopic (exact) mass is 244 g/mol. The van der Waals surface area contributed by atoms with Gasteiger partial charge in [-0.1, -0.05) is 53.7 Å². The summed E-state index contributed by atoms with van der Waals surface area (Å²) < 4.78 is 0. The quantitative estimate of drug-likeness (QED) is 0.578. The molecule has 0 radical (unpaired) electrons. The summed E-state index contributed by atoms with van der Waals surface area (Å²) in [6.07, 6.45) is 0. The van der Waals surface area contributed by atoms with Gasteiger partial charge in [0, 0.05) is 4.90 Å². The molecule has 0 saturated heterocycles. The molecular formula is C15H25LiS. The molecule has 0 amide bonds. The van der Waals surface area contributed by atoms with Crippen LogP contribution in [0.2, 0.25) is 0 Å². The minimum atomic E-state index is 0. The number of rotatable bonds is 3. The van der Waals surface area contributed by atoms with Crippen molar-refractivity contribution in [2.24, 2.45) is 0 Å². The van der Waals surface area contributed by atoms with E-state index in [-0.39, 0.29) is 18.9 Å². The van der Waals surface area contributed by atoms with Crippen molar-refractivity contribution in [3.8, 4) is 0 Å². The predicted molar refractivity (Wildman–Crippen MR) is 83.1 cm³/mol. The standard InChI is InChI=1S/C15H24S.Li.H/c1-9(2)12-7-13(10(3)4)15(16)14(8-12)11(5)6;;/h7-11,16H,1-6H3;;. The number of hydrogen-bond acceptors (Lipinski definition) is 1. The van der Waals surface area contributed by atoms with Gasteiger partial charge in [0.05, 0.1) is 0 Å². The fraction of sp³-hybridized carbons (Fsp3) is 0.600. The van der Waals surface area contributed by atoms with Crippen LogP contribution in [-0.2, 0) is 0 Å². The first-order valence-corrected chi connectivity index (χ1v) is 6.66. The maximum absolute atomic E-state index is 4.71. The van der Waals surface area contributed by atoms with Crippen LogP contribution in [0.4, 0.5) is 0 Å². The van der Waals surface area contributed by atoms with Crippen LogP contribution in [0.5, 0.6) is 0 Å². The van der Waals surface area contributed by atoms with Gasteiger partial charge in [-0.3, -0.25) is 0 Å². The van der Waals surface area contributed by atoms with E-state index in [0.29, 0.717) is 17.8 Å². The third kappa shape index (κ3) is 4.09. The van der Waals surface area contributed by atoms with E-state index in [4.69, 9.17) is 12.6 Å². The number of benzene rings is 1. The molecule has 0 aliphatic carbocycles. The number of thiol groups is 1. The average molecular weight is 244 g/mol. The summed E-state index contributed by atoms with van der Waals surface area (Å²) in [6, 6.07) is 4.65. The van der Waals surface area contributed by atoms with E-state index in [1.54, 1.807) is 0 Å². The van der Waals surface area contributed by atoms with E-state index < -0.39 is 0 Å². The van der Waals surface area contributed by atoms with Crippen LogP contribution in [0.1, 0.15) is 76.0 Å². The van der Waals surface area contributed by atoms with E-state index in [2.05, 4.69) is 53.7 Å². The summed E-state index contributed by atoms with van der Waals surface area (Å²) >= 11 is 4.71. The molecular weight excluding hydrogens is 219 g/mol. The van der Waals surface area contributed by atoms with Crippen LogP contribution in [0.15, 0.2) is 17.0 Å². The van der Waals surface area contributed by atoms with Crippen LogP contribution in [0, 0.1) is 0 Å². The van der Waals surface area contributed by atoms with Gasteiger partial charge in [0.15, 0.2) is 0 Å². The molecule has 0 atom stereocenters. The molecule has 0 bridgehead atoms. The summed E-state index contributed by atoms with van der Waals surface area (Å²) in [7, 11) is 0. The van der Waals surface area contributed by atoms with E-state index in [9.17, 15) is 0 Å². The third-order valence-corrected chi connectivity index (χ3v) is 3.62. The van der Waals surface area contributed by atoms with Gasteiger partial charge in [-0.05, 0) is 34.4 Å². The van der Waals surface area contributed by atoms with Gasteiger partial charge in [0.1, 0.15) is 0 Å². The molecule has 0 spiro atoms. The van der Waals surface area contributed by atoms with Crippen LogP contribution < -0.4 is 0 Å². The Hall–Kier alpha value is 0.167. The summed E-state index contributed by atoms with van der Waals surface area (Å²) in [5.74, 6) is 1.68. The summed E-state index contributed by atoms with van der Waals surface area (Å²) in [4.78, 5) is 1.19. The summed E-state index contributed by atoms with van der Waals surface area (Å²) in [5.41, 5.74) is 4.21. The zero-order valence-corrected chi connectivity index (χ0v) is 12.2. The first-order chi connectivity index (χ1) is 7.34. The molecule has 0 heterocycles. The Labute approximate surface area is 124 Å². The SMILES string of the molecule is CC(C)c1cc(C(C)C)c(S)c(C(C)C)c1.[LiH]. The van der Waals surface area contributed by atoms with E-state index in [0.717, 1.165) is 0 Å². The van der Waals surface area contributed by atoms with Gasteiger partial charge in [-0.15, -0.1) is 12.6 Å². The molecule has 1 rings (SSSR count). The van der Waals surface area contributed by atoms with Crippen LogP contribution in [0.25, 0.3) is 0 Å². The normalized spacial score (nSPS) is 11.2. The van der Waals surface area contributed by atoms with E-state index in [1.165, 1.54) is 21.6 Å². The molecule has 92 valence electrons. The maximum atomic E-state index is 4.71. The first kappa shape index (κ1) is 17.2. The Morgan fingerprint density at radius 1 is 0.765 bits per heavy atom. The van der Waals surface area contributed by atoms with E-state index >= 15 is 0 Å². The average Bonchev–Trinajstić information content (AvgIpc) is 2.16. The number of hydrogen-bond donors (Lipinski definition) is 1. The minimum absolute atomic E-state index is 0. The second-order valence-electron chi connectivity index (χ2n) is 5.51. The molecule has 1 aromatic carbocycles. The second kappa shape index (κ2) is 6.93. The Kier molecular flexibility index (Phi) is 7.00. The topological polar surface area (TPSA) is 0 Å². The van der Waals surface area contributed by atoms with Crippen molar-refractivity contribution in [3.05, 3.63) is 28.8 Å². The zero-order valence-electron chi connectivity index (χ0n) is 11.3. The van der Waals surface area contributed by atoms with Gasteiger partial charge in [0.25, 0.3) is 0 Å². The van der Waals surface area contributed by atoms with Crippen molar-refractivity contribution in [2.75, 3.05) is 0 Å². The fourth-order valence-corrected chi connectivity index (χ4v) is 2.56. The molecule has 0 aliphatic rings. The van der Waals surface area contributed by atoms with Crippen molar-refractivity contribution >= 4 is 31.5 Å². The fourth-order valence-electron chi connectivity index (χ4n) is 1.92. The Bertz CT molecular complexity index is 338. The Morgan fingerprint density at radius 2 is 1.12 bits per heavy atom. The van der Waals surface area contributed by atoms with E-state index in [1.807, 2.05) is 0 Å². The van der Waals surface area contributed by atoms with Crippen molar-refractivity contribution in [1.82, 2.24) is 0 Å². The van der Waals surface area contributed by atoms with Crippen LogP contribution in [-0.4, -0.2) is 18.9 Å². The van der Waals surface area contributed by atoms with Gasteiger partial charge in [-0.25, -0.2) is 0 Å². The summed E-state index contributed by atoms with van der Waals surface area (Å²) in [5, 5.41) is 0. The van der Waals surface area contributed by atoms with Gasteiger partial charge in [0.2, 0.25) is 0 Å². The molecule has 0 N–H and O–H groups in total. The molecule has 0 saturated carbocycles. The van der Waals surface area contributed by atoms with Crippen LogP contribution >= 0.6 is 12.6 Å². The van der Waals surface area contributed by atoms with Crippen molar-refractivity contribution < 1.29 is 0 Å². The van der Waals surface area contributed by atoms with Gasteiger partial charge >= 0.3 is 18.9 Å². The second-order valence-corrected chi connectivity index (χ2v) is 5.96. The molecule has 2 heteroatoms. The third-order valence-electron chi connectivity index (χ3n) is 3.10. The Balaban J connectivity index is 0.00000256. The predicted octanol–water partition coefficient (Wildman–Crippen LogP) is 4.70. The molecule has 0 unspecified atom stereocenters. The van der Waals surface area contributed by atoms with Gasteiger partial charge in [-0.2, -0.15) is 0 Å². The molecule has 1 aromatic rings.